The third-order valence-corrected chi connectivity index (χ3v) is 1.74. The van der Waals surface area contributed by atoms with Gasteiger partial charge in [-0.2, -0.15) is 4.39 Å². The first-order chi connectivity index (χ1) is 6.15. The maximum atomic E-state index is 12.7. The van der Waals surface area contributed by atoms with Crippen molar-refractivity contribution in [2.24, 2.45) is 5.11 Å². The van der Waals surface area contributed by atoms with E-state index in [9.17, 15) is 4.39 Å². The van der Waals surface area contributed by atoms with Crippen molar-refractivity contribution in [1.29, 1.82) is 0 Å². The maximum absolute atomic E-state index is 12.7. The van der Waals surface area contributed by atoms with Crippen LogP contribution < -0.4 is 0 Å². The average molecular weight is 180 g/mol. The van der Waals surface area contributed by atoms with Gasteiger partial charge in [0.25, 0.3) is 0 Å². The summed E-state index contributed by atoms with van der Waals surface area (Å²) in [6, 6.07) is 1.32. The molecular formula is C8H9FN4. The molecule has 1 aromatic rings. The summed E-state index contributed by atoms with van der Waals surface area (Å²) < 4.78 is 12.7. The van der Waals surface area contributed by atoms with Crippen molar-refractivity contribution in [1.82, 2.24) is 4.98 Å². The van der Waals surface area contributed by atoms with E-state index in [1.807, 2.05) is 0 Å². The van der Waals surface area contributed by atoms with Crippen LogP contribution >= 0.6 is 0 Å². The Hall–Kier alpha value is -1.61. The molecule has 1 unspecified atom stereocenters. The van der Waals surface area contributed by atoms with Crippen LogP contribution in [0.4, 0.5) is 4.39 Å². The number of azide groups is 1. The molecule has 0 radical (unpaired) electrons. The minimum absolute atomic E-state index is 0.309. The molecule has 0 N–H and O–H groups in total. The quantitative estimate of drug-likeness (QED) is 0.298. The summed E-state index contributed by atoms with van der Waals surface area (Å²) in [4.78, 5) is 6.20. The van der Waals surface area contributed by atoms with Crippen LogP contribution in [0, 0.1) is 12.9 Å². The Kier molecular flexibility index (Phi) is 2.82. The minimum atomic E-state index is -0.489. The van der Waals surface area contributed by atoms with Gasteiger partial charge in [0, 0.05) is 16.7 Å². The van der Waals surface area contributed by atoms with Crippen molar-refractivity contribution in [2.75, 3.05) is 0 Å². The van der Waals surface area contributed by atoms with Gasteiger partial charge in [0.2, 0.25) is 5.95 Å². The monoisotopic (exact) mass is 180 g/mol. The summed E-state index contributed by atoms with van der Waals surface area (Å²) in [5.41, 5.74) is 9.36. The molecule has 4 nitrogen and oxygen atoms in total. The first-order valence-corrected chi connectivity index (χ1v) is 3.81. The lowest BCUT2D eigenvalue weighted by molar-refractivity contribution is 0.571. The molecule has 0 aliphatic heterocycles. The Morgan fingerprint density at radius 1 is 1.69 bits per heavy atom. The van der Waals surface area contributed by atoms with E-state index in [0.29, 0.717) is 5.56 Å². The third-order valence-electron chi connectivity index (χ3n) is 1.74. The number of rotatable bonds is 2. The number of aromatic nitrogens is 1. The van der Waals surface area contributed by atoms with Crippen LogP contribution in [0.2, 0.25) is 0 Å². The first kappa shape index (κ1) is 9.48. The molecule has 1 aromatic heterocycles. The highest BCUT2D eigenvalue weighted by Gasteiger charge is 2.05. The van der Waals surface area contributed by atoms with Gasteiger partial charge in [0.05, 0.1) is 6.04 Å². The van der Waals surface area contributed by atoms with Gasteiger partial charge in [-0.25, -0.2) is 4.98 Å². The predicted octanol–water partition coefficient (Wildman–Crippen LogP) is 2.90. The van der Waals surface area contributed by atoms with Gasteiger partial charge in [0.15, 0.2) is 0 Å². The summed E-state index contributed by atoms with van der Waals surface area (Å²) in [7, 11) is 0. The third kappa shape index (κ3) is 2.16. The lowest BCUT2D eigenvalue weighted by atomic mass is 10.1. The number of nitrogens with zero attached hydrogens (tertiary/aromatic N) is 4. The van der Waals surface area contributed by atoms with Gasteiger partial charge in [-0.05, 0) is 24.1 Å². The topological polar surface area (TPSA) is 61.7 Å². The highest BCUT2D eigenvalue weighted by Crippen LogP contribution is 2.17. The Balaban J connectivity index is 3.03. The number of hydrogen-bond donors (Lipinski definition) is 0. The molecule has 1 atom stereocenters. The molecular weight excluding hydrogens is 171 g/mol. The molecule has 0 aliphatic carbocycles. The molecule has 0 aliphatic rings. The molecule has 0 saturated carbocycles. The van der Waals surface area contributed by atoms with Crippen LogP contribution in [0.1, 0.15) is 24.1 Å². The molecule has 0 amide bonds. The molecule has 68 valence electrons. The van der Waals surface area contributed by atoms with E-state index in [2.05, 4.69) is 15.0 Å². The number of pyridine rings is 1. The number of halogens is 1. The van der Waals surface area contributed by atoms with Gasteiger partial charge in [-0.3, -0.25) is 0 Å². The molecule has 13 heavy (non-hydrogen) atoms. The Morgan fingerprint density at radius 2 is 2.38 bits per heavy atom. The Morgan fingerprint density at radius 3 is 2.92 bits per heavy atom. The van der Waals surface area contributed by atoms with E-state index in [1.54, 1.807) is 19.9 Å². The zero-order valence-electron chi connectivity index (χ0n) is 7.40. The highest BCUT2D eigenvalue weighted by atomic mass is 19.1. The predicted molar refractivity (Wildman–Crippen MR) is 46.5 cm³/mol. The van der Waals surface area contributed by atoms with Gasteiger partial charge in [-0.15, -0.1) is 0 Å². The smallest absolute Gasteiger partial charge is 0.215 e. The van der Waals surface area contributed by atoms with E-state index in [1.165, 1.54) is 6.20 Å². The van der Waals surface area contributed by atoms with Gasteiger partial charge < -0.3 is 0 Å². The zero-order chi connectivity index (χ0) is 9.84. The largest absolute Gasteiger partial charge is 0.228 e. The van der Waals surface area contributed by atoms with Gasteiger partial charge in [0.1, 0.15) is 0 Å². The highest BCUT2D eigenvalue weighted by molar-refractivity contribution is 5.20. The second-order valence-electron chi connectivity index (χ2n) is 2.76. The normalized spacial score (nSPS) is 11.9. The van der Waals surface area contributed by atoms with E-state index in [4.69, 9.17) is 5.53 Å². The second kappa shape index (κ2) is 3.87. The summed E-state index contributed by atoms with van der Waals surface area (Å²) in [5, 5.41) is 3.48. The fraction of sp³-hybridized carbons (Fsp3) is 0.375. The summed E-state index contributed by atoms with van der Waals surface area (Å²) in [6.07, 6.45) is 1.38. The summed E-state index contributed by atoms with van der Waals surface area (Å²) in [6.45, 7) is 3.35. The van der Waals surface area contributed by atoms with Crippen LogP contribution in [-0.4, -0.2) is 4.98 Å². The van der Waals surface area contributed by atoms with Crippen molar-refractivity contribution in [3.05, 3.63) is 39.8 Å². The lowest BCUT2D eigenvalue weighted by Crippen LogP contribution is -1.94. The van der Waals surface area contributed by atoms with Crippen LogP contribution in [0.3, 0.4) is 0 Å². The molecule has 1 rings (SSSR count). The fourth-order valence-electron chi connectivity index (χ4n) is 0.952. The van der Waals surface area contributed by atoms with Crippen LogP contribution in [-0.2, 0) is 0 Å². The second-order valence-corrected chi connectivity index (χ2v) is 2.76. The molecule has 0 bridgehead atoms. The van der Waals surface area contributed by atoms with Crippen molar-refractivity contribution < 1.29 is 4.39 Å². The van der Waals surface area contributed by atoms with Crippen molar-refractivity contribution >= 4 is 0 Å². The first-order valence-electron chi connectivity index (χ1n) is 3.81. The van der Waals surface area contributed by atoms with Crippen LogP contribution in [0.25, 0.3) is 10.4 Å². The lowest BCUT2D eigenvalue weighted by Gasteiger charge is -2.04. The van der Waals surface area contributed by atoms with E-state index in [-0.39, 0.29) is 6.04 Å². The molecule has 5 heteroatoms. The Labute approximate surface area is 75.0 Å². The van der Waals surface area contributed by atoms with Gasteiger partial charge >= 0.3 is 0 Å². The fourth-order valence-corrected chi connectivity index (χ4v) is 0.952. The van der Waals surface area contributed by atoms with Crippen LogP contribution in [0.5, 0.6) is 0 Å². The van der Waals surface area contributed by atoms with Crippen LogP contribution in [0.15, 0.2) is 17.4 Å². The number of aryl methyl sites for hydroxylation is 1. The van der Waals surface area contributed by atoms with E-state index in [0.717, 1.165) is 5.56 Å². The standard InChI is InChI=1S/C8H9FN4/c1-5-3-7(4-11-8(5)9)6(2)12-13-10/h3-4,6H,1-2H3. The minimum Gasteiger partial charge on any atom is -0.228 e. The SMILES string of the molecule is Cc1cc(C(C)N=[N+]=[N-])cnc1F. The zero-order valence-corrected chi connectivity index (χ0v) is 7.40. The molecule has 0 spiro atoms. The molecule has 1 heterocycles. The summed E-state index contributed by atoms with van der Waals surface area (Å²) >= 11 is 0. The summed E-state index contributed by atoms with van der Waals surface area (Å²) in [5.74, 6) is -0.489. The molecule has 0 fully saturated rings. The van der Waals surface area contributed by atoms with Gasteiger partial charge in [-0.1, -0.05) is 12.0 Å². The average Bonchev–Trinajstić information content (AvgIpc) is 2.10. The maximum Gasteiger partial charge on any atom is 0.215 e. The number of hydrogen-bond acceptors (Lipinski definition) is 2. The van der Waals surface area contributed by atoms with E-state index >= 15 is 0 Å². The Bertz CT molecular complexity index is 357. The molecule has 0 saturated heterocycles. The van der Waals surface area contributed by atoms with Crippen molar-refractivity contribution in [2.45, 2.75) is 19.9 Å². The van der Waals surface area contributed by atoms with Crippen molar-refractivity contribution in [3.8, 4) is 0 Å². The van der Waals surface area contributed by atoms with E-state index < -0.39 is 5.95 Å². The van der Waals surface area contributed by atoms with Crippen molar-refractivity contribution in [3.63, 3.8) is 0 Å². The molecule has 0 aromatic carbocycles.